The first kappa shape index (κ1) is 18.6. The lowest BCUT2D eigenvalue weighted by molar-refractivity contribution is -0.117. The third kappa shape index (κ3) is 4.31. The lowest BCUT2D eigenvalue weighted by Crippen LogP contribution is -2.25. The van der Waals surface area contributed by atoms with E-state index in [0.29, 0.717) is 35.8 Å². The van der Waals surface area contributed by atoms with E-state index < -0.39 is 6.03 Å². The standard InChI is InChI=1S/C20H23N3O4/c1-13-6-7-14(11-18(13)23-8-4-5-19(23)24)21-20(25)22-15-9-16(26-2)12-17(10-15)27-3/h6-7,9-12H,4-5,8H2,1-3H3,(H2,21,22,25). The molecule has 7 nitrogen and oxygen atoms in total. The number of amides is 3. The zero-order valence-electron chi connectivity index (χ0n) is 15.7. The number of carbonyl (C=O) groups excluding carboxylic acids is 2. The highest BCUT2D eigenvalue weighted by Gasteiger charge is 2.23. The average molecular weight is 369 g/mol. The van der Waals surface area contributed by atoms with Crippen LogP contribution in [0, 0.1) is 6.92 Å². The highest BCUT2D eigenvalue weighted by molar-refractivity contribution is 6.01. The predicted octanol–water partition coefficient (Wildman–Crippen LogP) is 3.78. The Hall–Kier alpha value is -3.22. The van der Waals surface area contributed by atoms with Crippen molar-refractivity contribution in [1.82, 2.24) is 0 Å². The SMILES string of the molecule is COc1cc(NC(=O)Nc2ccc(C)c(N3CCCC3=O)c2)cc(OC)c1. The van der Waals surface area contributed by atoms with Gasteiger partial charge >= 0.3 is 6.03 Å². The van der Waals surface area contributed by atoms with Crippen LogP contribution in [-0.4, -0.2) is 32.7 Å². The highest BCUT2D eigenvalue weighted by Crippen LogP contribution is 2.29. The summed E-state index contributed by atoms with van der Waals surface area (Å²) in [5.74, 6) is 1.27. The molecular formula is C20H23N3O4. The van der Waals surface area contributed by atoms with Crippen LogP contribution in [0.1, 0.15) is 18.4 Å². The van der Waals surface area contributed by atoms with Crippen LogP contribution >= 0.6 is 0 Å². The van der Waals surface area contributed by atoms with Crippen LogP contribution < -0.4 is 25.0 Å². The number of ether oxygens (including phenoxy) is 2. The molecule has 3 amide bonds. The van der Waals surface area contributed by atoms with Crippen LogP contribution in [0.5, 0.6) is 11.5 Å². The lowest BCUT2D eigenvalue weighted by Gasteiger charge is -2.19. The molecule has 0 aliphatic carbocycles. The topological polar surface area (TPSA) is 79.9 Å². The summed E-state index contributed by atoms with van der Waals surface area (Å²) in [7, 11) is 3.10. The Bertz CT molecular complexity index is 844. The molecule has 1 aliphatic rings. The van der Waals surface area contributed by atoms with E-state index >= 15 is 0 Å². The van der Waals surface area contributed by atoms with Crippen molar-refractivity contribution in [3.8, 4) is 11.5 Å². The fourth-order valence-electron chi connectivity index (χ4n) is 3.05. The van der Waals surface area contributed by atoms with E-state index in [1.54, 1.807) is 37.3 Å². The van der Waals surface area contributed by atoms with Crippen molar-refractivity contribution in [2.75, 3.05) is 36.3 Å². The van der Waals surface area contributed by atoms with Crippen molar-refractivity contribution < 1.29 is 19.1 Å². The number of benzene rings is 2. The van der Waals surface area contributed by atoms with Crippen LogP contribution in [0.4, 0.5) is 21.9 Å². The number of hydrogen-bond acceptors (Lipinski definition) is 4. The van der Waals surface area contributed by atoms with E-state index in [9.17, 15) is 9.59 Å². The van der Waals surface area contributed by atoms with Gasteiger partial charge in [-0.2, -0.15) is 0 Å². The average Bonchev–Trinajstić information content (AvgIpc) is 3.08. The number of carbonyl (C=O) groups is 2. The normalized spacial score (nSPS) is 13.4. The second-order valence-corrected chi connectivity index (χ2v) is 6.33. The molecule has 142 valence electrons. The van der Waals surface area contributed by atoms with E-state index in [1.807, 2.05) is 25.1 Å². The quantitative estimate of drug-likeness (QED) is 0.840. The summed E-state index contributed by atoms with van der Waals surface area (Å²) in [5.41, 5.74) is 2.99. The van der Waals surface area contributed by atoms with E-state index in [4.69, 9.17) is 9.47 Å². The van der Waals surface area contributed by atoms with Gasteiger partial charge in [-0.05, 0) is 31.0 Å². The molecular weight excluding hydrogens is 346 g/mol. The molecule has 0 saturated carbocycles. The maximum Gasteiger partial charge on any atom is 0.323 e. The first-order valence-corrected chi connectivity index (χ1v) is 8.72. The predicted molar refractivity (Wildman–Crippen MR) is 105 cm³/mol. The van der Waals surface area contributed by atoms with Crippen molar-refractivity contribution in [2.24, 2.45) is 0 Å². The van der Waals surface area contributed by atoms with Crippen molar-refractivity contribution in [1.29, 1.82) is 0 Å². The second kappa shape index (κ2) is 7.99. The Morgan fingerprint density at radius 3 is 2.26 bits per heavy atom. The molecule has 1 saturated heterocycles. The molecule has 2 aromatic carbocycles. The molecule has 0 atom stereocenters. The number of urea groups is 1. The van der Waals surface area contributed by atoms with Crippen LogP contribution in [0.2, 0.25) is 0 Å². The zero-order chi connectivity index (χ0) is 19.4. The molecule has 0 aromatic heterocycles. The monoisotopic (exact) mass is 369 g/mol. The minimum Gasteiger partial charge on any atom is -0.497 e. The van der Waals surface area contributed by atoms with Crippen molar-refractivity contribution in [2.45, 2.75) is 19.8 Å². The van der Waals surface area contributed by atoms with Crippen LogP contribution in [-0.2, 0) is 4.79 Å². The summed E-state index contributed by atoms with van der Waals surface area (Å²) >= 11 is 0. The Balaban J connectivity index is 1.74. The zero-order valence-corrected chi connectivity index (χ0v) is 15.7. The number of rotatable bonds is 5. The Kier molecular flexibility index (Phi) is 5.49. The molecule has 7 heteroatoms. The van der Waals surface area contributed by atoms with E-state index in [0.717, 1.165) is 17.7 Å². The van der Waals surface area contributed by atoms with Gasteiger partial charge in [-0.25, -0.2) is 4.79 Å². The van der Waals surface area contributed by atoms with E-state index in [-0.39, 0.29) is 5.91 Å². The van der Waals surface area contributed by atoms with Gasteiger partial charge in [-0.3, -0.25) is 4.79 Å². The van der Waals surface area contributed by atoms with Crippen molar-refractivity contribution >= 4 is 29.0 Å². The molecule has 3 rings (SSSR count). The molecule has 2 aromatic rings. The lowest BCUT2D eigenvalue weighted by atomic mass is 10.1. The number of hydrogen-bond donors (Lipinski definition) is 2. The maximum atomic E-state index is 12.4. The number of aryl methyl sites for hydroxylation is 1. The molecule has 0 spiro atoms. The number of anilines is 3. The summed E-state index contributed by atoms with van der Waals surface area (Å²) in [4.78, 5) is 26.2. The summed E-state index contributed by atoms with van der Waals surface area (Å²) in [5, 5.41) is 5.56. The summed E-state index contributed by atoms with van der Waals surface area (Å²) in [6.07, 6.45) is 1.42. The van der Waals surface area contributed by atoms with Crippen molar-refractivity contribution in [3.05, 3.63) is 42.0 Å². The van der Waals surface area contributed by atoms with Gasteiger partial charge in [0.05, 0.1) is 14.2 Å². The summed E-state index contributed by atoms with van der Waals surface area (Å²) in [6.45, 7) is 2.66. The highest BCUT2D eigenvalue weighted by atomic mass is 16.5. The molecule has 0 bridgehead atoms. The van der Waals surface area contributed by atoms with Gasteiger partial charge in [0, 0.05) is 48.2 Å². The van der Waals surface area contributed by atoms with Gasteiger partial charge in [-0.1, -0.05) is 6.07 Å². The summed E-state index contributed by atoms with van der Waals surface area (Å²) < 4.78 is 10.4. The van der Waals surface area contributed by atoms with Crippen LogP contribution in [0.3, 0.4) is 0 Å². The fourth-order valence-corrected chi connectivity index (χ4v) is 3.05. The van der Waals surface area contributed by atoms with E-state index in [1.165, 1.54) is 0 Å². The molecule has 0 unspecified atom stereocenters. The smallest absolute Gasteiger partial charge is 0.323 e. The third-order valence-electron chi connectivity index (χ3n) is 4.44. The number of methoxy groups -OCH3 is 2. The largest absolute Gasteiger partial charge is 0.497 e. The molecule has 1 fully saturated rings. The van der Waals surface area contributed by atoms with Crippen molar-refractivity contribution in [3.63, 3.8) is 0 Å². The summed E-state index contributed by atoms with van der Waals surface area (Å²) in [6, 6.07) is 10.3. The minimum absolute atomic E-state index is 0.114. The maximum absolute atomic E-state index is 12.4. The second-order valence-electron chi connectivity index (χ2n) is 6.33. The van der Waals surface area contributed by atoms with Gasteiger partial charge in [-0.15, -0.1) is 0 Å². The first-order valence-electron chi connectivity index (χ1n) is 8.72. The Labute approximate surface area is 158 Å². The minimum atomic E-state index is -0.396. The van der Waals surface area contributed by atoms with Gasteiger partial charge in [0.25, 0.3) is 0 Å². The third-order valence-corrected chi connectivity index (χ3v) is 4.44. The van der Waals surface area contributed by atoms with E-state index in [2.05, 4.69) is 10.6 Å². The molecule has 0 radical (unpaired) electrons. The first-order chi connectivity index (χ1) is 13.0. The fraction of sp³-hybridized carbons (Fsp3) is 0.300. The van der Waals surface area contributed by atoms with Gasteiger partial charge in [0.1, 0.15) is 11.5 Å². The number of nitrogens with one attached hydrogen (secondary N) is 2. The van der Waals surface area contributed by atoms with Gasteiger partial charge in [0.15, 0.2) is 0 Å². The van der Waals surface area contributed by atoms with Gasteiger partial charge in [0.2, 0.25) is 5.91 Å². The molecule has 2 N–H and O–H groups in total. The van der Waals surface area contributed by atoms with Crippen LogP contribution in [0.25, 0.3) is 0 Å². The molecule has 1 aliphatic heterocycles. The van der Waals surface area contributed by atoms with Crippen LogP contribution in [0.15, 0.2) is 36.4 Å². The number of nitrogens with zero attached hydrogens (tertiary/aromatic N) is 1. The molecule has 1 heterocycles. The molecule has 27 heavy (non-hydrogen) atoms. The Morgan fingerprint density at radius 2 is 1.67 bits per heavy atom. The van der Waals surface area contributed by atoms with Gasteiger partial charge < -0.3 is 25.0 Å². The Morgan fingerprint density at radius 1 is 1.00 bits per heavy atom.